The lowest BCUT2D eigenvalue weighted by molar-refractivity contribution is -0.156. The van der Waals surface area contributed by atoms with E-state index in [0.29, 0.717) is 6.42 Å². The normalized spacial score (nSPS) is 23.7. The molecule has 0 spiro atoms. The van der Waals surface area contributed by atoms with Crippen LogP contribution in [-0.4, -0.2) is 24.1 Å². The first-order chi connectivity index (χ1) is 9.63. The molecule has 0 fully saturated rings. The summed E-state index contributed by atoms with van der Waals surface area (Å²) in [7, 11) is 0. The van der Waals surface area contributed by atoms with E-state index < -0.39 is 0 Å². The van der Waals surface area contributed by atoms with E-state index in [1.54, 1.807) is 0 Å². The molecule has 3 atom stereocenters. The number of allylic oxidation sites excluding steroid dienone is 1. The van der Waals surface area contributed by atoms with E-state index in [-0.39, 0.29) is 35.5 Å². The van der Waals surface area contributed by atoms with Crippen LogP contribution in [0.25, 0.3) is 0 Å². The highest BCUT2D eigenvalue weighted by molar-refractivity contribution is 5.66. The lowest BCUT2D eigenvalue weighted by Gasteiger charge is -2.43. The first-order valence-corrected chi connectivity index (χ1v) is 7.64. The van der Waals surface area contributed by atoms with Gasteiger partial charge in [0.05, 0.1) is 0 Å². The molecule has 0 N–H and O–H groups in total. The highest BCUT2D eigenvalue weighted by Crippen LogP contribution is 2.44. The Morgan fingerprint density at radius 2 is 1.86 bits per heavy atom. The standard InChI is InChI=1S/C17H28O4/c1-11-8-7-9-17(5,6)16(11)15(21-14(4)19)10-12(2)20-13(3)18/h8,12,15-16H,7,9-10H2,1-6H3. The van der Waals surface area contributed by atoms with Crippen molar-refractivity contribution in [2.24, 2.45) is 11.3 Å². The highest BCUT2D eigenvalue weighted by Gasteiger charge is 2.40. The fourth-order valence-electron chi connectivity index (χ4n) is 3.49. The van der Waals surface area contributed by atoms with Gasteiger partial charge in [-0.1, -0.05) is 25.5 Å². The van der Waals surface area contributed by atoms with Gasteiger partial charge >= 0.3 is 11.9 Å². The molecule has 1 rings (SSSR count). The van der Waals surface area contributed by atoms with Crippen molar-refractivity contribution < 1.29 is 19.1 Å². The Morgan fingerprint density at radius 3 is 2.33 bits per heavy atom. The molecule has 0 bridgehead atoms. The van der Waals surface area contributed by atoms with Crippen molar-refractivity contribution in [1.82, 2.24) is 0 Å². The van der Waals surface area contributed by atoms with Gasteiger partial charge in [0.2, 0.25) is 0 Å². The first kappa shape index (κ1) is 17.7. The van der Waals surface area contributed by atoms with Crippen molar-refractivity contribution in [3.63, 3.8) is 0 Å². The van der Waals surface area contributed by atoms with Gasteiger partial charge in [-0.25, -0.2) is 0 Å². The zero-order valence-electron chi connectivity index (χ0n) is 14.1. The first-order valence-electron chi connectivity index (χ1n) is 7.64. The molecule has 0 aromatic heterocycles. The summed E-state index contributed by atoms with van der Waals surface area (Å²) in [5.74, 6) is -0.434. The van der Waals surface area contributed by atoms with Crippen molar-refractivity contribution in [3.05, 3.63) is 11.6 Å². The van der Waals surface area contributed by atoms with E-state index in [9.17, 15) is 9.59 Å². The number of carbonyl (C=O) groups is 2. The van der Waals surface area contributed by atoms with E-state index in [4.69, 9.17) is 9.47 Å². The number of ether oxygens (including phenoxy) is 2. The zero-order chi connectivity index (χ0) is 16.2. The summed E-state index contributed by atoms with van der Waals surface area (Å²) >= 11 is 0. The molecule has 1 aliphatic carbocycles. The molecule has 120 valence electrons. The zero-order valence-corrected chi connectivity index (χ0v) is 14.1. The van der Waals surface area contributed by atoms with Crippen LogP contribution in [0, 0.1) is 11.3 Å². The van der Waals surface area contributed by atoms with Gasteiger partial charge in [-0.3, -0.25) is 9.59 Å². The van der Waals surface area contributed by atoms with Crippen LogP contribution in [0.1, 0.15) is 60.8 Å². The monoisotopic (exact) mass is 296 g/mol. The molecule has 3 unspecified atom stereocenters. The van der Waals surface area contributed by atoms with Crippen molar-refractivity contribution in [3.8, 4) is 0 Å². The molecule has 0 aliphatic heterocycles. The summed E-state index contributed by atoms with van der Waals surface area (Å²) < 4.78 is 10.8. The highest BCUT2D eigenvalue weighted by atomic mass is 16.6. The smallest absolute Gasteiger partial charge is 0.302 e. The van der Waals surface area contributed by atoms with Crippen LogP contribution in [0.5, 0.6) is 0 Å². The molecule has 21 heavy (non-hydrogen) atoms. The van der Waals surface area contributed by atoms with Crippen LogP contribution in [0.3, 0.4) is 0 Å². The van der Waals surface area contributed by atoms with Gasteiger partial charge in [-0.05, 0) is 32.1 Å². The Labute approximate surface area is 127 Å². The molecule has 4 nitrogen and oxygen atoms in total. The predicted octanol–water partition coefficient (Wildman–Crippen LogP) is 3.64. The molecule has 0 radical (unpaired) electrons. The molecule has 1 aliphatic rings. The topological polar surface area (TPSA) is 52.6 Å². The van der Waals surface area contributed by atoms with Crippen LogP contribution in [0.15, 0.2) is 11.6 Å². The maximum absolute atomic E-state index is 11.5. The summed E-state index contributed by atoms with van der Waals surface area (Å²) in [6.45, 7) is 11.2. The number of carbonyl (C=O) groups excluding carboxylic acids is 2. The summed E-state index contributed by atoms with van der Waals surface area (Å²) in [6, 6.07) is 0. The lowest BCUT2D eigenvalue weighted by atomic mass is 9.65. The molecular formula is C17H28O4. The maximum atomic E-state index is 11.5. The molecule has 0 amide bonds. The van der Waals surface area contributed by atoms with Gasteiger partial charge in [-0.2, -0.15) is 0 Å². The van der Waals surface area contributed by atoms with E-state index in [1.807, 2.05) is 6.92 Å². The van der Waals surface area contributed by atoms with Gasteiger partial charge in [0.25, 0.3) is 0 Å². The van der Waals surface area contributed by atoms with Gasteiger partial charge < -0.3 is 9.47 Å². The average molecular weight is 296 g/mol. The van der Waals surface area contributed by atoms with Gasteiger partial charge in [-0.15, -0.1) is 0 Å². The minimum absolute atomic E-state index is 0.0644. The average Bonchev–Trinajstić information content (AvgIpc) is 2.24. The van der Waals surface area contributed by atoms with Gasteiger partial charge in [0, 0.05) is 26.2 Å². The van der Waals surface area contributed by atoms with Crippen LogP contribution in [-0.2, 0) is 19.1 Å². The van der Waals surface area contributed by atoms with Gasteiger partial charge in [0.1, 0.15) is 12.2 Å². The second-order valence-electron chi connectivity index (χ2n) is 6.76. The minimum atomic E-state index is -0.306. The predicted molar refractivity (Wildman–Crippen MR) is 81.7 cm³/mol. The van der Waals surface area contributed by atoms with Crippen LogP contribution in [0.2, 0.25) is 0 Å². The Balaban J connectivity index is 2.94. The summed E-state index contributed by atoms with van der Waals surface area (Å²) in [5, 5.41) is 0. The van der Waals surface area contributed by atoms with E-state index >= 15 is 0 Å². The fourth-order valence-corrected chi connectivity index (χ4v) is 3.49. The Morgan fingerprint density at radius 1 is 1.29 bits per heavy atom. The van der Waals surface area contributed by atoms with Crippen molar-refractivity contribution in [2.75, 3.05) is 0 Å². The molecule has 0 saturated carbocycles. The van der Waals surface area contributed by atoms with E-state index in [1.165, 1.54) is 19.4 Å². The molecule has 0 aromatic rings. The third kappa shape index (κ3) is 5.18. The number of hydrogen-bond donors (Lipinski definition) is 0. The van der Waals surface area contributed by atoms with E-state index in [0.717, 1.165) is 12.8 Å². The minimum Gasteiger partial charge on any atom is -0.463 e. The molecule has 0 aromatic carbocycles. The van der Waals surface area contributed by atoms with Gasteiger partial charge in [0.15, 0.2) is 0 Å². The van der Waals surface area contributed by atoms with Crippen molar-refractivity contribution >= 4 is 11.9 Å². The fraction of sp³-hybridized carbons (Fsp3) is 0.765. The second kappa shape index (κ2) is 7.10. The number of hydrogen-bond acceptors (Lipinski definition) is 4. The third-order valence-corrected chi connectivity index (χ3v) is 4.21. The van der Waals surface area contributed by atoms with Crippen LogP contribution < -0.4 is 0 Å². The molecular weight excluding hydrogens is 268 g/mol. The summed E-state index contributed by atoms with van der Waals surface area (Å²) in [4.78, 5) is 22.6. The van der Waals surface area contributed by atoms with Crippen molar-refractivity contribution in [2.45, 2.75) is 73.0 Å². The lowest BCUT2D eigenvalue weighted by Crippen LogP contribution is -2.41. The molecule has 0 heterocycles. The number of esters is 2. The molecule has 0 saturated heterocycles. The third-order valence-electron chi connectivity index (χ3n) is 4.21. The largest absolute Gasteiger partial charge is 0.463 e. The Bertz CT molecular complexity index is 423. The quantitative estimate of drug-likeness (QED) is 0.574. The van der Waals surface area contributed by atoms with E-state index in [2.05, 4.69) is 26.8 Å². The SMILES string of the molecule is CC(=O)OC(C)CC(OC(C)=O)C1C(C)=CCCC1(C)C. The van der Waals surface area contributed by atoms with Crippen LogP contribution in [0.4, 0.5) is 0 Å². The maximum Gasteiger partial charge on any atom is 0.302 e. The van der Waals surface area contributed by atoms with Crippen LogP contribution >= 0.6 is 0 Å². The molecule has 4 heteroatoms. The summed E-state index contributed by atoms with van der Waals surface area (Å²) in [6.07, 6.45) is 4.35. The summed E-state index contributed by atoms with van der Waals surface area (Å²) in [5.41, 5.74) is 1.32. The Kier molecular flexibility index (Phi) is 5.99. The Hall–Kier alpha value is -1.32. The van der Waals surface area contributed by atoms with Crippen molar-refractivity contribution in [1.29, 1.82) is 0 Å². The number of rotatable bonds is 5. The second-order valence-corrected chi connectivity index (χ2v) is 6.76.